The molecule has 126 valence electrons. The van der Waals surface area contributed by atoms with Gasteiger partial charge >= 0.3 is 0 Å². The standard InChI is InChI=1S/C18H39N3/c1-6-13-19-18(17-11-9-8-10-12-17)15-21(7-2)16(3)14-20(4)5/h16-19H,6-15H2,1-5H3. The van der Waals surface area contributed by atoms with Gasteiger partial charge in [0.05, 0.1) is 0 Å². The van der Waals surface area contributed by atoms with Crippen LogP contribution in [-0.2, 0) is 0 Å². The van der Waals surface area contributed by atoms with E-state index in [2.05, 4.69) is 50.0 Å². The Morgan fingerprint density at radius 1 is 1.05 bits per heavy atom. The van der Waals surface area contributed by atoms with Crippen LogP contribution in [0, 0.1) is 5.92 Å². The first-order valence-electron chi connectivity index (χ1n) is 9.20. The lowest BCUT2D eigenvalue weighted by Crippen LogP contribution is -2.50. The van der Waals surface area contributed by atoms with Crippen LogP contribution in [0.4, 0.5) is 0 Å². The van der Waals surface area contributed by atoms with Crippen molar-refractivity contribution in [3.8, 4) is 0 Å². The Labute approximate surface area is 133 Å². The van der Waals surface area contributed by atoms with Crippen molar-refractivity contribution in [1.29, 1.82) is 0 Å². The molecule has 0 bridgehead atoms. The highest BCUT2D eigenvalue weighted by molar-refractivity contribution is 4.84. The second-order valence-electron chi connectivity index (χ2n) is 7.16. The average Bonchev–Trinajstić information content (AvgIpc) is 2.47. The molecule has 0 radical (unpaired) electrons. The molecule has 0 saturated heterocycles. The molecule has 2 unspecified atom stereocenters. The lowest BCUT2D eigenvalue weighted by Gasteiger charge is -2.38. The zero-order valence-corrected chi connectivity index (χ0v) is 15.2. The Hall–Kier alpha value is -0.120. The van der Waals surface area contributed by atoms with Gasteiger partial charge in [0.1, 0.15) is 0 Å². The SMILES string of the molecule is CCCNC(CN(CC)C(C)CN(C)C)C1CCCCC1. The van der Waals surface area contributed by atoms with Crippen LogP contribution in [-0.4, -0.2) is 62.2 Å². The van der Waals surface area contributed by atoms with Gasteiger partial charge in [0.15, 0.2) is 0 Å². The summed E-state index contributed by atoms with van der Waals surface area (Å²) in [5.41, 5.74) is 0. The molecule has 1 rings (SSSR count). The molecular formula is C18H39N3. The van der Waals surface area contributed by atoms with Gasteiger partial charge in [-0.3, -0.25) is 4.90 Å². The molecule has 0 amide bonds. The summed E-state index contributed by atoms with van der Waals surface area (Å²) in [5, 5.41) is 3.86. The van der Waals surface area contributed by atoms with Crippen LogP contribution in [0.2, 0.25) is 0 Å². The summed E-state index contributed by atoms with van der Waals surface area (Å²) < 4.78 is 0. The zero-order chi connectivity index (χ0) is 15.7. The lowest BCUT2D eigenvalue weighted by atomic mass is 9.83. The van der Waals surface area contributed by atoms with Crippen LogP contribution >= 0.6 is 0 Å². The van der Waals surface area contributed by atoms with Crippen molar-refractivity contribution in [2.45, 2.75) is 71.4 Å². The molecule has 21 heavy (non-hydrogen) atoms. The summed E-state index contributed by atoms with van der Waals surface area (Å²) in [6, 6.07) is 1.33. The van der Waals surface area contributed by atoms with Gasteiger partial charge in [0, 0.05) is 25.2 Å². The minimum Gasteiger partial charge on any atom is -0.312 e. The molecule has 1 saturated carbocycles. The van der Waals surface area contributed by atoms with Crippen LogP contribution in [0.25, 0.3) is 0 Å². The molecule has 3 nitrogen and oxygen atoms in total. The Balaban J connectivity index is 2.58. The second kappa shape index (κ2) is 10.6. The van der Waals surface area contributed by atoms with E-state index in [4.69, 9.17) is 0 Å². The van der Waals surface area contributed by atoms with Crippen molar-refractivity contribution < 1.29 is 0 Å². The highest BCUT2D eigenvalue weighted by Crippen LogP contribution is 2.27. The van der Waals surface area contributed by atoms with E-state index < -0.39 is 0 Å². The highest BCUT2D eigenvalue weighted by atomic mass is 15.2. The van der Waals surface area contributed by atoms with Gasteiger partial charge in [-0.1, -0.05) is 33.1 Å². The molecule has 1 aliphatic rings. The Morgan fingerprint density at radius 3 is 2.24 bits per heavy atom. The molecule has 0 heterocycles. The van der Waals surface area contributed by atoms with Crippen molar-refractivity contribution in [3.63, 3.8) is 0 Å². The average molecular weight is 298 g/mol. The lowest BCUT2D eigenvalue weighted by molar-refractivity contribution is 0.137. The van der Waals surface area contributed by atoms with E-state index in [1.807, 2.05) is 0 Å². The number of hydrogen-bond acceptors (Lipinski definition) is 3. The fourth-order valence-corrected chi connectivity index (χ4v) is 3.76. The van der Waals surface area contributed by atoms with Gasteiger partial charge in [-0.25, -0.2) is 0 Å². The van der Waals surface area contributed by atoms with Crippen LogP contribution in [0.3, 0.4) is 0 Å². The first kappa shape index (κ1) is 18.9. The fraction of sp³-hybridized carbons (Fsp3) is 1.00. The number of nitrogens with zero attached hydrogens (tertiary/aromatic N) is 2. The molecule has 0 aliphatic heterocycles. The number of nitrogens with one attached hydrogen (secondary N) is 1. The highest BCUT2D eigenvalue weighted by Gasteiger charge is 2.26. The Bertz CT molecular complexity index is 249. The topological polar surface area (TPSA) is 18.5 Å². The maximum Gasteiger partial charge on any atom is 0.0223 e. The third-order valence-electron chi connectivity index (χ3n) is 4.97. The van der Waals surface area contributed by atoms with Crippen molar-refractivity contribution >= 4 is 0 Å². The molecule has 1 N–H and O–H groups in total. The first-order chi connectivity index (χ1) is 10.1. The van der Waals surface area contributed by atoms with Gasteiger partial charge in [-0.2, -0.15) is 0 Å². The number of likely N-dealkylation sites (N-methyl/N-ethyl adjacent to an activating group) is 2. The van der Waals surface area contributed by atoms with Gasteiger partial charge in [-0.15, -0.1) is 0 Å². The van der Waals surface area contributed by atoms with E-state index in [1.165, 1.54) is 51.6 Å². The van der Waals surface area contributed by atoms with Gasteiger partial charge in [-0.05, 0) is 59.3 Å². The predicted molar refractivity (Wildman–Crippen MR) is 93.9 cm³/mol. The van der Waals surface area contributed by atoms with E-state index >= 15 is 0 Å². The molecule has 1 fully saturated rings. The van der Waals surface area contributed by atoms with Crippen molar-refractivity contribution in [3.05, 3.63) is 0 Å². The third kappa shape index (κ3) is 7.12. The maximum absolute atomic E-state index is 3.86. The summed E-state index contributed by atoms with van der Waals surface area (Å²) in [5.74, 6) is 0.894. The molecule has 2 atom stereocenters. The Morgan fingerprint density at radius 2 is 1.71 bits per heavy atom. The monoisotopic (exact) mass is 297 g/mol. The van der Waals surface area contributed by atoms with Crippen molar-refractivity contribution in [2.75, 3.05) is 40.3 Å². The van der Waals surface area contributed by atoms with E-state index in [-0.39, 0.29) is 0 Å². The molecule has 0 aromatic heterocycles. The van der Waals surface area contributed by atoms with E-state index in [0.29, 0.717) is 12.1 Å². The summed E-state index contributed by atoms with van der Waals surface area (Å²) in [6.07, 6.45) is 8.43. The molecule has 0 spiro atoms. The van der Waals surface area contributed by atoms with Crippen LogP contribution in [0.1, 0.15) is 59.3 Å². The summed E-state index contributed by atoms with van der Waals surface area (Å²) in [6.45, 7) is 11.7. The molecule has 0 aromatic rings. The van der Waals surface area contributed by atoms with Gasteiger partial charge < -0.3 is 10.2 Å². The van der Waals surface area contributed by atoms with Crippen LogP contribution in [0.5, 0.6) is 0 Å². The van der Waals surface area contributed by atoms with Crippen LogP contribution < -0.4 is 5.32 Å². The van der Waals surface area contributed by atoms with Gasteiger partial charge in [0.25, 0.3) is 0 Å². The summed E-state index contributed by atoms with van der Waals surface area (Å²) in [4.78, 5) is 4.98. The third-order valence-corrected chi connectivity index (χ3v) is 4.97. The summed E-state index contributed by atoms with van der Waals surface area (Å²) in [7, 11) is 4.36. The zero-order valence-electron chi connectivity index (χ0n) is 15.2. The first-order valence-corrected chi connectivity index (χ1v) is 9.20. The fourth-order valence-electron chi connectivity index (χ4n) is 3.76. The minimum atomic E-state index is 0.638. The largest absolute Gasteiger partial charge is 0.312 e. The normalized spacial score (nSPS) is 20.1. The molecule has 0 aromatic carbocycles. The smallest absolute Gasteiger partial charge is 0.0223 e. The van der Waals surface area contributed by atoms with Crippen molar-refractivity contribution in [1.82, 2.24) is 15.1 Å². The molecule has 3 heteroatoms. The number of rotatable bonds is 10. The van der Waals surface area contributed by atoms with E-state index in [1.54, 1.807) is 0 Å². The minimum absolute atomic E-state index is 0.638. The Kier molecular flexibility index (Phi) is 9.54. The summed E-state index contributed by atoms with van der Waals surface area (Å²) >= 11 is 0. The predicted octanol–water partition coefficient (Wildman–Crippen LogP) is 3.21. The van der Waals surface area contributed by atoms with E-state index in [9.17, 15) is 0 Å². The number of hydrogen-bond donors (Lipinski definition) is 1. The maximum atomic E-state index is 3.86. The van der Waals surface area contributed by atoms with E-state index in [0.717, 1.165) is 19.0 Å². The van der Waals surface area contributed by atoms with Crippen LogP contribution in [0.15, 0.2) is 0 Å². The second-order valence-corrected chi connectivity index (χ2v) is 7.16. The van der Waals surface area contributed by atoms with Gasteiger partial charge in [0.2, 0.25) is 0 Å². The molecule has 1 aliphatic carbocycles. The quantitative estimate of drug-likeness (QED) is 0.668. The van der Waals surface area contributed by atoms with Crippen molar-refractivity contribution in [2.24, 2.45) is 5.92 Å². The molecular weight excluding hydrogens is 258 g/mol.